The number of aromatic amines is 3. The number of hydrogen-bond acceptors (Lipinski definition) is 8. The fraction of sp³-hybridized carbons (Fsp3) is 0.333. The van der Waals surface area contributed by atoms with Crippen molar-refractivity contribution < 1.29 is 5.11 Å². The summed E-state index contributed by atoms with van der Waals surface area (Å²) in [6.07, 6.45) is 3.10. The largest absolute Gasteiger partial charge is 0.400 e. The normalized spacial score (nSPS) is 10.3. The Labute approximate surface area is 156 Å². The molecule has 28 heavy (non-hydrogen) atoms. The van der Waals surface area contributed by atoms with Crippen molar-refractivity contribution in [1.82, 2.24) is 39.0 Å². The predicted molar refractivity (Wildman–Crippen MR) is 103 cm³/mol. The van der Waals surface area contributed by atoms with Gasteiger partial charge in [-0.05, 0) is 13.8 Å². The van der Waals surface area contributed by atoms with Crippen LogP contribution in [0.5, 0.6) is 0 Å². The second-order valence-corrected chi connectivity index (χ2v) is 5.29. The number of aliphatic hydroxyl groups is 1. The Morgan fingerprint density at radius 3 is 2.14 bits per heavy atom. The number of hydrogen-bond donors (Lipinski definition) is 5. The van der Waals surface area contributed by atoms with Gasteiger partial charge >= 0.3 is 5.69 Å². The van der Waals surface area contributed by atoms with Crippen molar-refractivity contribution in [3.05, 3.63) is 43.8 Å². The maximum atomic E-state index is 11.4. The molecule has 0 aromatic carbocycles. The van der Waals surface area contributed by atoms with Crippen LogP contribution in [-0.4, -0.2) is 51.3 Å². The molecule has 6 N–H and O–H groups in total. The molecule has 0 unspecified atom stereocenters. The molecule has 150 valence electrons. The van der Waals surface area contributed by atoms with Gasteiger partial charge in [0.25, 0.3) is 11.1 Å². The average molecular weight is 391 g/mol. The van der Waals surface area contributed by atoms with Crippen molar-refractivity contribution in [1.29, 1.82) is 0 Å². The van der Waals surface area contributed by atoms with Gasteiger partial charge in [-0.15, -0.1) is 0 Å². The van der Waals surface area contributed by atoms with Crippen molar-refractivity contribution in [2.45, 2.75) is 26.9 Å². The Bertz CT molecular complexity index is 1240. The molecule has 4 rings (SSSR count). The lowest BCUT2D eigenvalue weighted by Crippen LogP contribution is -2.23. The highest BCUT2D eigenvalue weighted by molar-refractivity contribution is 5.70. The topological polar surface area (TPSA) is 193 Å². The fourth-order valence-corrected chi connectivity index (χ4v) is 2.50. The maximum absolute atomic E-state index is 11.4. The van der Waals surface area contributed by atoms with E-state index in [0.29, 0.717) is 35.4 Å². The third kappa shape index (κ3) is 3.98. The van der Waals surface area contributed by atoms with Gasteiger partial charge in [-0.25, -0.2) is 14.8 Å². The molecule has 0 bridgehead atoms. The van der Waals surface area contributed by atoms with E-state index in [9.17, 15) is 14.4 Å². The minimum atomic E-state index is -0.529. The van der Waals surface area contributed by atoms with Crippen molar-refractivity contribution in [2.75, 3.05) is 12.8 Å². The smallest absolute Gasteiger partial charge is 0.327 e. The molecule has 0 aliphatic rings. The molecule has 13 heteroatoms. The molecule has 0 aliphatic carbocycles. The Morgan fingerprint density at radius 2 is 1.50 bits per heavy atom. The highest BCUT2D eigenvalue weighted by atomic mass is 16.2. The van der Waals surface area contributed by atoms with Crippen molar-refractivity contribution in [3.63, 3.8) is 0 Å². The molecular weight excluding hydrogens is 370 g/mol. The number of aliphatic hydroxyl groups excluding tert-OH is 1. The standard InChI is InChI=1S/C7H9N5O.C7H8N4O2.CH4O/c1-2-12-3-9-5-4(12)6(13)11-7(8)10-5;1-2-11-3-8-5-4(11)6(12)10-7(13)9-5;1-2/h3H,2H2,1H3,(H3,8,10,11,13);3H,2H2,1H3,(H2,9,10,12,13);2H,1H3. The molecule has 4 aromatic heterocycles. The van der Waals surface area contributed by atoms with Crippen LogP contribution in [0.25, 0.3) is 22.3 Å². The number of nitrogens with zero attached hydrogens (tertiary/aromatic N) is 5. The van der Waals surface area contributed by atoms with Gasteiger partial charge in [0.1, 0.15) is 0 Å². The summed E-state index contributed by atoms with van der Waals surface area (Å²) in [5, 5.41) is 7.00. The third-order valence-corrected chi connectivity index (χ3v) is 3.69. The first-order chi connectivity index (χ1) is 13.4. The van der Waals surface area contributed by atoms with Crippen molar-refractivity contribution >= 4 is 28.3 Å². The number of aryl methyl sites for hydroxylation is 2. The van der Waals surface area contributed by atoms with Gasteiger partial charge in [0.05, 0.1) is 12.7 Å². The van der Waals surface area contributed by atoms with Gasteiger partial charge in [0.2, 0.25) is 5.95 Å². The summed E-state index contributed by atoms with van der Waals surface area (Å²) in [5.74, 6) is 0.0962. The molecule has 0 fully saturated rings. The van der Waals surface area contributed by atoms with Gasteiger partial charge in [-0.3, -0.25) is 24.5 Å². The Kier molecular flexibility index (Phi) is 6.44. The molecular formula is C15H21N9O4. The lowest BCUT2D eigenvalue weighted by molar-refractivity contribution is 0.399. The Balaban J connectivity index is 0.000000184. The number of aromatic nitrogens is 8. The maximum Gasteiger partial charge on any atom is 0.327 e. The molecule has 4 aromatic rings. The molecule has 0 atom stereocenters. The summed E-state index contributed by atoms with van der Waals surface area (Å²) in [7, 11) is 1.00. The van der Waals surface area contributed by atoms with E-state index < -0.39 is 11.2 Å². The van der Waals surface area contributed by atoms with Gasteiger partial charge in [-0.2, -0.15) is 4.98 Å². The second kappa shape index (κ2) is 8.77. The summed E-state index contributed by atoms with van der Waals surface area (Å²) in [6, 6.07) is 0. The van der Waals surface area contributed by atoms with E-state index in [2.05, 4.69) is 29.9 Å². The molecule has 0 radical (unpaired) electrons. The van der Waals surface area contributed by atoms with E-state index in [-0.39, 0.29) is 11.5 Å². The van der Waals surface area contributed by atoms with Gasteiger partial charge in [0, 0.05) is 20.2 Å². The van der Waals surface area contributed by atoms with E-state index in [1.807, 2.05) is 13.8 Å². The number of imidazole rings is 2. The predicted octanol–water partition coefficient (Wildman–Crippen LogP) is -1.24. The van der Waals surface area contributed by atoms with Crippen LogP contribution >= 0.6 is 0 Å². The van der Waals surface area contributed by atoms with E-state index in [0.717, 1.165) is 7.11 Å². The number of nitrogen functional groups attached to an aromatic ring is 1. The van der Waals surface area contributed by atoms with Crippen LogP contribution in [0, 0.1) is 0 Å². The summed E-state index contributed by atoms with van der Waals surface area (Å²) < 4.78 is 3.39. The Hall–Kier alpha value is -3.74. The number of nitrogens with two attached hydrogens (primary N) is 1. The van der Waals surface area contributed by atoms with Crippen molar-refractivity contribution in [2.24, 2.45) is 0 Å². The highest BCUT2D eigenvalue weighted by Gasteiger charge is 2.07. The first-order valence-electron chi connectivity index (χ1n) is 8.27. The zero-order chi connectivity index (χ0) is 20.8. The minimum absolute atomic E-state index is 0.0962. The van der Waals surface area contributed by atoms with Crippen LogP contribution in [0.15, 0.2) is 27.0 Å². The van der Waals surface area contributed by atoms with E-state index in [4.69, 9.17) is 10.8 Å². The summed E-state index contributed by atoms with van der Waals surface area (Å²) in [6.45, 7) is 5.15. The van der Waals surface area contributed by atoms with Crippen LogP contribution in [0.2, 0.25) is 0 Å². The number of anilines is 1. The molecule has 4 heterocycles. The first kappa shape index (κ1) is 20.6. The lowest BCUT2D eigenvalue weighted by Gasteiger charge is -1.96. The molecule has 0 saturated carbocycles. The zero-order valence-corrected chi connectivity index (χ0v) is 15.6. The molecule has 0 saturated heterocycles. The lowest BCUT2D eigenvalue weighted by atomic mass is 10.5. The average Bonchev–Trinajstić information content (AvgIpc) is 3.27. The number of nitrogens with one attached hydrogen (secondary N) is 3. The molecule has 0 aliphatic heterocycles. The molecule has 0 amide bonds. The van der Waals surface area contributed by atoms with Gasteiger partial charge in [0.15, 0.2) is 22.3 Å². The molecule has 0 spiro atoms. The monoisotopic (exact) mass is 391 g/mol. The van der Waals surface area contributed by atoms with Crippen LogP contribution in [0.1, 0.15) is 13.8 Å². The summed E-state index contributed by atoms with van der Waals surface area (Å²) in [4.78, 5) is 52.3. The van der Waals surface area contributed by atoms with E-state index in [1.54, 1.807) is 15.5 Å². The van der Waals surface area contributed by atoms with Crippen LogP contribution in [-0.2, 0) is 13.1 Å². The van der Waals surface area contributed by atoms with Gasteiger partial charge < -0.3 is 20.0 Å². The van der Waals surface area contributed by atoms with Crippen LogP contribution in [0.3, 0.4) is 0 Å². The molecule has 13 nitrogen and oxygen atoms in total. The first-order valence-corrected chi connectivity index (χ1v) is 8.27. The van der Waals surface area contributed by atoms with Crippen LogP contribution < -0.4 is 22.5 Å². The summed E-state index contributed by atoms with van der Waals surface area (Å²) >= 11 is 0. The summed E-state index contributed by atoms with van der Waals surface area (Å²) in [5.41, 5.74) is 5.77. The SMILES string of the molecule is CCn1cnc2[nH]c(=O)[nH]c(=O)c21.CCn1cnc2nc(N)[nH]c(=O)c21.CO. The number of rotatable bonds is 2. The van der Waals surface area contributed by atoms with Crippen LogP contribution in [0.4, 0.5) is 5.95 Å². The van der Waals surface area contributed by atoms with E-state index in [1.165, 1.54) is 6.33 Å². The van der Waals surface area contributed by atoms with Gasteiger partial charge in [-0.1, -0.05) is 0 Å². The zero-order valence-electron chi connectivity index (χ0n) is 15.6. The number of fused-ring (bicyclic) bond motifs is 2. The second-order valence-electron chi connectivity index (χ2n) is 5.29. The fourth-order valence-electron chi connectivity index (χ4n) is 2.50. The Morgan fingerprint density at radius 1 is 0.929 bits per heavy atom. The van der Waals surface area contributed by atoms with Crippen molar-refractivity contribution in [3.8, 4) is 0 Å². The quantitative estimate of drug-likeness (QED) is 0.280. The third-order valence-electron chi connectivity index (χ3n) is 3.69. The number of H-pyrrole nitrogens is 3. The van der Waals surface area contributed by atoms with E-state index >= 15 is 0 Å². The minimum Gasteiger partial charge on any atom is -0.400 e. The highest BCUT2D eigenvalue weighted by Crippen LogP contribution is 2.04.